The maximum atomic E-state index is 13.2. The molecule has 9 heteroatoms. The quantitative estimate of drug-likeness (QED) is 0.388. The van der Waals surface area contributed by atoms with Gasteiger partial charge in [0.15, 0.2) is 0 Å². The van der Waals surface area contributed by atoms with Gasteiger partial charge >= 0.3 is 0 Å². The highest BCUT2D eigenvalue weighted by atomic mass is 35.5. The molecule has 192 valence electrons. The van der Waals surface area contributed by atoms with Crippen LogP contribution in [0.4, 0.5) is 5.82 Å². The molecule has 3 aromatic rings. The summed E-state index contributed by atoms with van der Waals surface area (Å²) in [7, 11) is 3.17. The third-order valence-corrected chi connectivity index (χ3v) is 5.88. The number of aromatic nitrogens is 2. The van der Waals surface area contributed by atoms with Gasteiger partial charge in [0.2, 0.25) is 5.91 Å². The summed E-state index contributed by atoms with van der Waals surface area (Å²) >= 11 is 6.43. The summed E-state index contributed by atoms with van der Waals surface area (Å²) in [6.07, 6.45) is 0.595. The normalized spacial score (nSPS) is 11.3. The minimum Gasteiger partial charge on any atom is -0.497 e. The molecule has 0 aliphatic rings. The monoisotopic (exact) mass is 512 g/mol. The number of nitrogens with one attached hydrogen (secondary N) is 1. The summed E-state index contributed by atoms with van der Waals surface area (Å²) in [5.41, 5.74) is 1.67. The van der Waals surface area contributed by atoms with Crippen LogP contribution in [0.5, 0.6) is 5.75 Å². The number of anilines is 1. The number of methoxy groups -OCH3 is 2. The second-order valence-corrected chi connectivity index (χ2v) is 9.78. The lowest BCUT2D eigenvalue weighted by Crippen LogP contribution is -2.39. The van der Waals surface area contributed by atoms with E-state index in [0.717, 1.165) is 5.69 Å². The second kappa shape index (κ2) is 12.1. The fourth-order valence-corrected chi connectivity index (χ4v) is 3.78. The minimum atomic E-state index is -0.344. The van der Waals surface area contributed by atoms with E-state index in [0.29, 0.717) is 47.4 Å². The molecule has 0 fully saturated rings. The molecule has 0 unspecified atom stereocenters. The van der Waals surface area contributed by atoms with Gasteiger partial charge in [0.1, 0.15) is 18.1 Å². The summed E-state index contributed by atoms with van der Waals surface area (Å²) in [5, 5.41) is 8.15. The van der Waals surface area contributed by atoms with Crippen LogP contribution in [0.25, 0.3) is 5.69 Å². The Balaban J connectivity index is 1.85. The molecule has 0 bridgehead atoms. The van der Waals surface area contributed by atoms with Crippen LogP contribution < -0.4 is 10.1 Å². The number of nitrogens with zero attached hydrogens (tertiary/aromatic N) is 3. The zero-order chi connectivity index (χ0) is 26.3. The number of ether oxygens (including phenoxy) is 2. The topological polar surface area (TPSA) is 85.7 Å². The van der Waals surface area contributed by atoms with Crippen LogP contribution in [-0.4, -0.2) is 60.4 Å². The number of hydrogen-bond donors (Lipinski definition) is 1. The first kappa shape index (κ1) is 27.2. The highest BCUT2D eigenvalue weighted by Crippen LogP contribution is 2.29. The summed E-state index contributed by atoms with van der Waals surface area (Å²) in [6, 6.07) is 15.9. The van der Waals surface area contributed by atoms with Gasteiger partial charge in [0, 0.05) is 37.3 Å². The number of hydrogen-bond acceptors (Lipinski definition) is 5. The van der Waals surface area contributed by atoms with Crippen molar-refractivity contribution in [2.45, 2.75) is 32.6 Å². The zero-order valence-corrected chi connectivity index (χ0v) is 22.1. The molecule has 3 rings (SSSR count). The van der Waals surface area contributed by atoms with Gasteiger partial charge in [-0.05, 0) is 42.8 Å². The van der Waals surface area contributed by atoms with E-state index >= 15 is 0 Å². The molecule has 36 heavy (non-hydrogen) atoms. The Morgan fingerprint density at radius 3 is 2.39 bits per heavy atom. The van der Waals surface area contributed by atoms with Gasteiger partial charge in [0.25, 0.3) is 5.91 Å². The van der Waals surface area contributed by atoms with E-state index in [1.54, 1.807) is 49.2 Å². The van der Waals surface area contributed by atoms with Crippen molar-refractivity contribution in [1.29, 1.82) is 0 Å². The second-order valence-electron chi connectivity index (χ2n) is 9.38. The molecule has 0 aliphatic heterocycles. The third-order valence-electron chi connectivity index (χ3n) is 5.56. The van der Waals surface area contributed by atoms with Crippen molar-refractivity contribution in [2.24, 2.45) is 0 Å². The van der Waals surface area contributed by atoms with E-state index in [1.807, 2.05) is 45.0 Å². The molecule has 0 atom stereocenters. The van der Waals surface area contributed by atoms with E-state index in [9.17, 15) is 9.59 Å². The van der Waals surface area contributed by atoms with Crippen molar-refractivity contribution < 1.29 is 19.1 Å². The van der Waals surface area contributed by atoms with Crippen molar-refractivity contribution in [3.05, 3.63) is 70.9 Å². The molecule has 1 heterocycles. The Kier molecular flexibility index (Phi) is 9.12. The molecule has 2 aromatic carbocycles. The number of para-hydroxylation sites is 1. The summed E-state index contributed by atoms with van der Waals surface area (Å²) in [4.78, 5) is 27.9. The molecule has 0 aliphatic carbocycles. The highest BCUT2D eigenvalue weighted by molar-refractivity contribution is 6.32. The van der Waals surface area contributed by atoms with Crippen LogP contribution in [0, 0.1) is 0 Å². The van der Waals surface area contributed by atoms with Crippen LogP contribution in [0.15, 0.2) is 54.6 Å². The first-order valence-electron chi connectivity index (χ1n) is 11.7. The molecule has 8 nitrogen and oxygen atoms in total. The number of rotatable bonds is 10. The van der Waals surface area contributed by atoms with Crippen LogP contribution in [0.3, 0.4) is 0 Å². The van der Waals surface area contributed by atoms with E-state index in [2.05, 4.69) is 5.32 Å². The van der Waals surface area contributed by atoms with E-state index < -0.39 is 0 Å². The van der Waals surface area contributed by atoms with Gasteiger partial charge in [-0.15, -0.1) is 0 Å². The molecule has 1 aromatic heterocycles. The smallest absolute Gasteiger partial charge is 0.254 e. The van der Waals surface area contributed by atoms with Crippen LogP contribution in [-0.2, 0) is 14.9 Å². The first-order chi connectivity index (χ1) is 17.1. The van der Waals surface area contributed by atoms with Gasteiger partial charge in [-0.1, -0.05) is 44.5 Å². The average molecular weight is 513 g/mol. The van der Waals surface area contributed by atoms with Crippen LogP contribution in [0.1, 0.15) is 43.2 Å². The van der Waals surface area contributed by atoms with Crippen molar-refractivity contribution >= 4 is 29.2 Å². The van der Waals surface area contributed by atoms with E-state index in [1.165, 1.54) is 4.90 Å². The fourth-order valence-electron chi connectivity index (χ4n) is 3.57. The average Bonchev–Trinajstić information content (AvgIpc) is 3.27. The Labute approximate surface area is 217 Å². The predicted octanol–water partition coefficient (Wildman–Crippen LogP) is 4.95. The molecule has 0 radical (unpaired) electrons. The molecular formula is C27H33ClN4O4. The third kappa shape index (κ3) is 6.86. The van der Waals surface area contributed by atoms with Crippen molar-refractivity contribution in [3.8, 4) is 11.4 Å². The van der Waals surface area contributed by atoms with Crippen molar-refractivity contribution in [2.75, 3.05) is 39.2 Å². The molecule has 2 amide bonds. The van der Waals surface area contributed by atoms with E-state index in [4.69, 9.17) is 26.2 Å². The minimum absolute atomic E-state index is 0.132. The van der Waals surface area contributed by atoms with Gasteiger partial charge in [0.05, 0.1) is 23.5 Å². The lowest BCUT2D eigenvalue weighted by atomic mass is 9.92. The number of carbonyl (C=O) groups excluding carboxylic acids is 2. The standard InChI is InChI=1S/C27H33ClN4O4/c1-27(2,3)23-17-24(32(30-23)22-10-7-6-9-21(22)28)29-25(33)18-31(15-8-16-35-4)26(34)19-11-13-20(36-5)14-12-19/h6-7,9-14,17H,8,15-16,18H2,1-5H3,(H,29,33). The lowest BCUT2D eigenvalue weighted by molar-refractivity contribution is -0.117. The Morgan fingerprint density at radius 2 is 1.78 bits per heavy atom. The lowest BCUT2D eigenvalue weighted by Gasteiger charge is -2.22. The molecule has 1 N–H and O–H groups in total. The Morgan fingerprint density at radius 1 is 1.08 bits per heavy atom. The van der Waals surface area contributed by atoms with Crippen LogP contribution in [0.2, 0.25) is 5.02 Å². The van der Waals surface area contributed by atoms with Crippen LogP contribution >= 0.6 is 11.6 Å². The number of amides is 2. The van der Waals surface area contributed by atoms with Gasteiger partial charge in [-0.2, -0.15) is 5.10 Å². The summed E-state index contributed by atoms with van der Waals surface area (Å²) in [6.45, 7) is 6.84. The summed E-state index contributed by atoms with van der Waals surface area (Å²) in [5.74, 6) is 0.534. The first-order valence-corrected chi connectivity index (χ1v) is 12.1. The SMILES string of the molecule is COCCCN(CC(=O)Nc1cc(C(C)(C)C)nn1-c1ccccc1Cl)C(=O)c1ccc(OC)cc1. The Bertz CT molecular complexity index is 1190. The largest absolute Gasteiger partial charge is 0.497 e. The zero-order valence-electron chi connectivity index (χ0n) is 21.4. The number of halogens is 1. The molecule has 0 saturated carbocycles. The van der Waals surface area contributed by atoms with Crippen molar-refractivity contribution in [3.63, 3.8) is 0 Å². The highest BCUT2D eigenvalue weighted by Gasteiger charge is 2.24. The number of benzene rings is 2. The summed E-state index contributed by atoms with van der Waals surface area (Å²) < 4.78 is 11.9. The maximum Gasteiger partial charge on any atom is 0.254 e. The van der Waals surface area contributed by atoms with Gasteiger partial charge in [-0.3, -0.25) is 9.59 Å². The molecule has 0 saturated heterocycles. The molecular weight excluding hydrogens is 480 g/mol. The molecule has 0 spiro atoms. The Hall–Kier alpha value is -3.36. The van der Waals surface area contributed by atoms with Gasteiger partial charge < -0.3 is 19.7 Å². The predicted molar refractivity (Wildman–Crippen MR) is 141 cm³/mol. The van der Waals surface area contributed by atoms with Gasteiger partial charge in [-0.25, -0.2) is 4.68 Å². The maximum absolute atomic E-state index is 13.2. The van der Waals surface area contributed by atoms with Crippen molar-refractivity contribution in [1.82, 2.24) is 14.7 Å². The number of carbonyl (C=O) groups is 2. The van der Waals surface area contributed by atoms with E-state index in [-0.39, 0.29) is 23.8 Å². The fraction of sp³-hybridized carbons (Fsp3) is 0.370.